The van der Waals surface area contributed by atoms with Crippen molar-refractivity contribution in [2.45, 2.75) is 75.8 Å². The molecular weight excluding hydrogens is 348 g/mol. The van der Waals surface area contributed by atoms with Gasteiger partial charge in [-0.1, -0.05) is 43.9 Å². The molecule has 1 aromatic rings. The lowest BCUT2D eigenvalue weighted by Crippen LogP contribution is -2.58. The van der Waals surface area contributed by atoms with Crippen molar-refractivity contribution in [3.63, 3.8) is 0 Å². The molecule has 3 unspecified atom stereocenters. The van der Waals surface area contributed by atoms with Crippen molar-refractivity contribution in [1.82, 2.24) is 4.90 Å². The Labute approximate surface area is 168 Å². The summed E-state index contributed by atoms with van der Waals surface area (Å²) in [5, 5.41) is 0. The smallest absolute Gasteiger partial charge is 0.235 e. The molecule has 1 aromatic carbocycles. The molecule has 0 aromatic heterocycles. The first-order valence-electron chi connectivity index (χ1n) is 11.3. The number of amides is 1. The Morgan fingerprint density at radius 2 is 1.57 bits per heavy atom. The zero-order chi connectivity index (χ0) is 19.1. The summed E-state index contributed by atoms with van der Waals surface area (Å²) in [6.07, 6.45) is 11.4. The third-order valence-corrected chi connectivity index (χ3v) is 8.18. The van der Waals surface area contributed by atoms with Gasteiger partial charge in [-0.2, -0.15) is 0 Å². The first kappa shape index (κ1) is 18.4. The second kappa shape index (κ2) is 7.29. The molecule has 2 saturated heterocycles. The molecule has 28 heavy (non-hydrogen) atoms. The van der Waals surface area contributed by atoms with Gasteiger partial charge in [-0.25, -0.2) is 0 Å². The number of rotatable bonds is 2. The van der Waals surface area contributed by atoms with Crippen molar-refractivity contribution in [3.05, 3.63) is 30.3 Å². The third kappa shape index (κ3) is 3.01. The number of hydrogen-bond donors (Lipinski definition) is 0. The largest absolute Gasteiger partial charge is 0.300 e. The summed E-state index contributed by atoms with van der Waals surface area (Å²) >= 11 is 0. The Morgan fingerprint density at radius 3 is 2.32 bits per heavy atom. The molecule has 4 heteroatoms. The summed E-state index contributed by atoms with van der Waals surface area (Å²) < 4.78 is 0. The number of likely N-dealkylation sites (tertiary alicyclic amines) is 1. The average Bonchev–Trinajstić information content (AvgIpc) is 2.98. The molecule has 4 aliphatic rings. The van der Waals surface area contributed by atoms with E-state index in [-0.39, 0.29) is 18.1 Å². The van der Waals surface area contributed by atoms with Crippen LogP contribution in [0.25, 0.3) is 0 Å². The number of para-hydroxylation sites is 1. The Bertz CT molecular complexity index is 738. The standard InChI is InChI=1S/C24H32N2O2/c27-22-17-23(28)26(20-8-2-1-3-9-20)24(22)12-14-25(15-13-24)21-11-10-18-6-4-5-7-19(18)16-21/h1-3,8-9,18-19,21H,4-7,10-17H2. The quantitative estimate of drug-likeness (QED) is 0.723. The maximum Gasteiger partial charge on any atom is 0.235 e. The average molecular weight is 381 g/mol. The molecule has 1 spiro atoms. The number of benzene rings is 1. The van der Waals surface area contributed by atoms with Gasteiger partial charge < -0.3 is 4.90 Å². The molecule has 1 amide bonds. The van der Waals surface area contributed by atoms with Gasteiger partial charge in [0, 0.05) is 24.8 Å². The molecule has 0 radical (unpaired) electrons. The van der Waals surface area contributed by atoms with Gasteiger partial charge in [0.25, 0.3) is 0 Å². The first-order chi connectivity index (χ1) is 13.7. The molecule has 2 heterocycles. The highest BCUT2D eigenvalue weighted by atomic mass is 16.2. The number of fused-ring (bicyclic) bond motifs is 1. The van der Waals surface area contributed by atoms with Gasteiger partial charge in [0.2, 0.25) is 5.91 Å². The number of Topliss-reactive ketones (excluding diaryl/α,β-unsaturated/α-hetero) is 1. The van der Waals surface area contributed by atoms with E-state index in [1.165, 1.54) is 44.9 Å². The minimum absolute atomic E-state index is 0.0210. The molecule has 2 aliphatic heterocycles. The maximum absolute atomic E-state index is 12.9. The lowest BCUT2D eigenvalue weighted by molar-refractivity contribution is -0.124. The molecule has 150 valence electrons. The Morgan fingerprint density at radius 1 is 0.857 bits per heavy atom. The molecule has 3 atom stereocenters. The highest BCUT2D eigenvalue weighted by molar-refractivity contribution is 6.19. The molecule has 4 fully saturated rings. The second-order valence-electron chi connectivity index (χ2n) is 9.50. The van der Waals surface area contributed by atoms with Gasteiger partial charge >= 0.3 is 0 Å². The van der Waals surface area contributed by atoms with Crippen LogP contribution in [0.4, 0.5) is 5.69 Å². The SMILES string of the molecule is O=C1CC(=O)C2(CCN(C3CCC4CCCCC4C3)CC2)N1c1ccccc1. The van der Waals surface area contributed by atoms with E-state index in [9.17, 15) is 9.59 Å². The normalized spacial score (nSPS) is 33.3. The minimum Gasteiger partial charge on any atom is -0.300 e. The van der Waals surface area contributed by atoms with Crippen molar-refractivity contribution < 1.29 is 9.59 Å². The highest BCUT2D eigenvalue weighted by Gasteiger charge is 2.54. The van der Waals surface area contributed by atoms with E-state index in [4.69, 9.17) is 0 Å². The summed E-state index contributed by atoms with van der Waals surface area (Å²) in [5.41, 5.74) is 0.284. The van der Waals surface area contributed by atoms with Crippen LogP contribution >= 0.6 is 0 Å². The van der Waals surface area contributed by atoms with Crippen LogP contribution in [0.2, 0.25) is 0 Å². The Hall–Kier alpha value is -1.68. The van der Waals surface area contributed by atoms with E-state index >= 15 is 0 Å². The van der Waals surface area contributed by atoms with Crippen LogP contribution in [-0.4, -0.2) is 41.3 Å². The third-order valence-electron chi connectivity index (χ3n) is 8.18. The van der Waals surface area contributed by atoms with Gasteiger partial charge in [-0.15, -0.1) is 0 Å². The van der Waals surface area contributed by atoms with Crippen molar-refractivity contribution in [2.75, 3.05) is 18.0 Å². The summed E-state index contributed by atoms with van der Waals surface area (Å²) in [7, 11) is 0. The van der Waals surface area contributed by atoms with E-state index in [0.717, 1.165) is 43.5 Å². The van der Waals surface area contributed by atoms with Gasteiger partial charge in [-0.3, -0.25) is 14.5 Å². The summed E-state index contributed by atoms with van der Waals surface area (Å²) in [6, 6.07) is 10.5. The topological polar surface area (TPSA) is 40.6 Å². The fraction of sp³-hybridized carbons (Fsp3) is 0.667. The maximum atomic E-state index is 12.9. The van der Waals surface area contributed by atoms with Crippen LogP contribution in [-0.2, 0) is 9.59 Å². The molecule has 0 N–H and O–H groups in total. The molecule has 4 nitrogen and oxygen atoms in total. The first-order valence-corrected chi connectivity index (χ1v) is 11.3. The monoisotopic (exact) mass is 380 g/mol. The van der Waals surface area contributed by atoms with Crippen LogP contribution in [0.3, 0.4) is 0 Å². The lowest BCUT2D eigenvalue weighted by Gasteiger charge is -2.48. The van der Waals surface area contributed by atoms with E-state index in [1.807, 2.05) is 35.2 Å². The predicted molar refractivity (Wildman–Crippen MR) is 110 cm³/mol. The molecule has 2 aliphatic carbocycles. The number of nitrogens with zero attached hydrogens (tertiary/aromatic N) is 2. The summed E-state index contributed by atoms with van der Waals surface area (Å²) in [5.74, 6) is 2.02. The van der Waals surface area contributed by atoms with Gasteiger partial charge in [-0.05, 0) is 56.1 Å². The second-order valence-corrected chi connectivity index (χ2v) is 9.50. The molecule has 5 rings (SSSR count). The number of hydrogen-bond acceptors (Lipinski definition) is 3. The summed E-state index contributed by atoms with van der Waals surface area (Å²) in [6.45, 7) is 1.90. The number of carbonyl (C=O) groups excluding carboxylic acids is 2. The Kier molecular flexibility index (Phi) is 4.78. The van der Waals surface area contributed by atoms with E-state index < -0.39 is 5.54 Å². The zero-order valence-corrected chi connectivity index (χ0v) is 16.8. The van der Waals surface area contributed by atoms with Gasteiger partial charge in [0.15, 0.2) is 5.78 Å². The number of carbonyl (C=O) groups is 2. The zero-order valence-electron chi connectivity index (χ0n) is 16.8. The van der Waals surface area contributed by atoms with Crippen LogP contribution in [0, 0.1) is 11.8 Å². The van der Waals surface area contributed by atoms with Crippen molar-refractivity contribution in [2.24, 2.45) is 11.8 Å². The van der Waals surface area contributed by atoms with Crippen LogP contribution < -0.4 is 4.90 Å². The van der Waals surface area contributed by atoms with E-state index in [2.05, 4.69) is 4.90 Å². The number of anilines is 1. The van der Waals surface area contributed by atoms with Crippen LogP contribution in [0.15, 0.2) is 30.3 Å². The minimum atomic E-state index is -0.600. The van der Waals surface area contributed by atoms with Crippen LogP contribution in [0.1, 0.15) is 64.2 Å². The van der Waals surface area contributed by atoms with Gasteiger partial charge in [0.05, 0.1) is 6.42 Å². The van der Waals surface area contributed by atoms with E-state index in [1.54, 1.807) is 0 Å². The Balaban J connectivity index is 1.30. The van der Waals surface area contributed by atoms with Crippen molar-refractivity contribution in [1.29, 1.82) is 0 Å². The highest BCUT2D eigenvalue weighted by Crippen LogP contribution is 2.44. The van der Waals surface area contributed by atoms with Crippen LogP contribution in [0.5, 0.6) is 0 Å². The summed E-state index contributed by atoms with van der Waals surface area (Å²) in [4.78, 5) is 30.1. The molecular formula is C24H32N2O2. The lowest BCUT2D eigenvalue weighted by atomic mass is 9.69. The fourth-order valence-corrected chi connectivity index (χ4v) is 6.65. The molecule has 0 bridgehead atoms. The van der Waals surface area contributed by atoms with Crippen molar-refractivity contribution in [3.8, 4) is 0 Å². The fourth-order valence-electron chi connectivity index (χ4n) is 6.65. The van der Waals surface area contributed by atoms with E-state index in [0.29, 0.717) is 6.04 Å². The van der Waals surface area contributed by atoms with Gasteiger partial charge in [0.1, 0.15) is 5.54 Å². The number of piperidine rings is 1. The number of ketones is 1. The molecule has 2 saturated carbocycles. The predicted octanol–water partition coefficient (Wildman–Crippen LogP) is 4.19. The van der Waals surface area contributed by atoms with Crippen molar-refractivity contribution >= 4 is 17.4 Å².